The van der Waals surface area contributed by atoms with E-state index < -0.39 is 12.2 Å². The molecular weight excluding hydrogens is 232 g/mol. The highest BCUT2D eigenvalue weighted by molar-refractivity contribution is 6.30. The van der Waals surface area contributed by atoms with E-state index >= 15 is 0 Å². The molecule has 1 rings (SSSR count). The van der Waals surface area contributed by atoms with Crippen LogP contribution in [0.1, 0.15) is 18.1 Å². The van der Waals surface area contributed by atoms with Gasteiger partial charge in [-0.05, 0) is 19.0 Å². The average Bonchev–Trinajstić information content (AvgIpc) is 2.28. The molecule has 6 heteroatoms. The van der Waals surface area contributed by atoms with Gasteiger partial charge in [-0.15, -0.1) is 0 Å². The van der Waals surface area contributed by atoms with Crippen molar-refractivity contribution in [1.29, 1.82) is 0 Å². The van der Waals surface area contributed by atoms with Crippen molar-refractivity contribution in [2.24, 2.45) is 5.73 Å². The second kappa shape index (κ2) is 6.00. The maximum absolute atomic E-state index is 9.87. The minimum atomic E-state index is -1.11. The van der Waals surface area contributed by atoms with E-state index in [0.717, 1.165) is 0 Å². The van der Waals surface area contributed by atoms with Gasteiger partial charge in [-0.3, -0.25) is 0 Å². The molecular formula is C10H15ClN2O3. The van der Waals surface area contributed by atoms with Crippen LogP contribution in [0.25, 0.3) is 0 Å². The van der Waals surface area contributed by atoms with Crippen LogP contribution >= 0.6 is 11.6 Å². The lowest BCUT2D eigenvalue weighted by Crippen LogP contribution is -2.22. The van der Waals surface area contributed by atoms with Crippen molar-refractivity contribution in [1.82, 2.24) is 4.98 Å². The normalized spacial score (nSPS) is 14.6. The van der Waals surface area contributed by atoms with Crippen LogP contribution in [0.3, 0.4) is 0 Å². The molecule has 0 radical (unpaired) electrons. The minimum Gasteiger partial charge on any atom is -0.481 e. The monoisotopic (exact) mass is 246 g/mol. The Bertz CT molecular complexity index is 349. The summed E-state index contributed by atoms with van der Waals surface area (Å²) in [5.74, 6) is 0.243. The van der Waals surface area contributed by atoms with Crippen LogP contribution in [-0.4, -0.2) is 35.0 Å². The molecule has 0 saturated heterocycles. The maximum atomic E-state index is 9.87. The molecule has 90 valence electrons. The quantitative estimate of drug-likeness (QED) is 0.704. The lowest BCUT2D eigenvalue weighted by atomic mass is 10.0. The average molecular weight is 247 g/mol. The first-order chi connectivity index (χ1) is 7.60. The molecule has 0 saturated carbocycles. The van der Waals surface area contributed by atoms with Crippen LogP contribution < -0.4 is 10.5 Å². The number of rotatable bonds is 5. The number of nitrogens with two attached hydrogens (primary N) is 1. The van der Waals surface area contributed by atoms with E-state index in [2.05, 4.69) is 4.98 Å². The topological polar surface area (TPSA) is 88.6 Å². The molecule has 1 aromatic rings. The SMILES string of the molecule is COc1ncc(Cl)cc1C(O)C(O)CCN. The van der Waals surface area contributed by atoms with Crippen LogP contribution in [0, 0.1) is 0 Å². The van der Waals surface area contributed by atoms with E-state index in [1.807, 2.05) is 0 Å². The zero-order valence-electron chi connectivity index (χ0n) is 8.93. The number of aliphatic hydroxyl groups is 2. The van der Waals surface area contributed by atoms with Gasteiger partial charge in [0.1, 0.15) is 6.10 Å². The number of hydrogen-bond donors (Lipinski definition) is 3. The first-order valence-corrected chi connectivity index (χ1v) is 5.23. The second-order valence-corrected chi connectivity index (χ2v) is 3.78. The molecule has 2 unspecified atom stereocenters. The Labute approximate surface area is 98.8 Å². The van der Waals surface area contributed by atoms with Crippen LogP contribution in [0.15, 0.2) is 12.3 Å². The highest BCUT2D eigenvalue weighted by Gasteiger charge is 2.22. The van der Waals surface area contributed by atoms with E-state index in [0.29, 0.717) is 10.6 Å². The molecule has 1 heterocycles. The van der Waals surface area contributed by atoms with Crippen molar-refractivity contribution in [3.63, 3.8) is 0 Å². The van der Waals surface area contributed by atoms with Crippen molar-refractivity contribution in [2.45, 2.75) is 18.6 Å². The molecule has 2 atom stereocenters. The van der Waals surface area contributed by atoms with Gasteiger partial charge in [-0.1, -0.05) is 11.6 Å². The van der Waals surface area contributed by atoms with Crippen LogP contribution in [0.5, 0.6) is 5.88 Å². The number of hydrogen-bond acceptors (Lipinski definition) is 5. The molecule has 4 N–H and O–H groups in total. The molecule has 0 spiro atoms. The molecule has 0 aliphatic rings. The van der Waals surface area contributed by atoms with E-state index in [4.69, 9.17) is 22.1 Å². The van der Waals surface area contributed by atoms with Gasteiger partial charge < -0.3 is 20.7 Å². The number of halogens is 1. The molecule has 0 aliphatic heterocycles. The largest absolute Gasteiger partial charge is 0.481 e. The van der Waals surface area contributed by atoms with Gasteiger partial charge in [0.2, 0.25) is 5.88 Å². The molecule has 5 nitrogen and oxygen atoms in total. The van der Waals surface area contributed by atoms with Gasteiger partial charge in [0.05, 0.1) is 18.2 Å². The summed E-state index contributed by atoms with van der Waals surface area (Å²) < 4.78 is 4.98. The Hall–Kier alpha value is -0.880. The number of aliphatic hydroxyl groups excluding tert-OH is 2. The number of aromatic nitrogens is 1. The molecule has 0 aliphatic carbocycles. The Kier molecular flexibility index (Phi) is 4.95. The Morgan fingerprint density at radius 1 is 1.56 bits per heavy atom. The summed E-state index contributed by atoms with van der Waals surface area (Å²) in [6.07, 6.45) is -0.369. The first kappa shape index (κ1) is 13.2. The van der Waals surface area contributed by atoms with Crippen molar-refractivity contribution >= 4 is 11.6 Å². The summed E-state index contributed by atoms with van der Waals surface area (Å²) >= 11 is 5.76. The molecule has 0 bridgehead atoms. The summed E-state index contributed by atoms with van der Waals surface area (Å²) in [6, 6.07) is 1.51. The lowest BCUT2D eigenvalue weighted by molar-refractivity contribution is 0.0133. The van der Waals surface area contributed by atoms with E-state index in [-0.39, 0.29) is 18.8 Å². The standard InChI is InChI=1S/C10H15ClN2O3/c1-16-10-7(4-6(11)5-13-10)9(15)8(14)2-3-12/h4-5,8-9,14-15H,2-3,12H2,1H3. The summed E-state index contributed by atoms with van der Waals surface area (Å²) in [4.78, 5) is 3.90. The van der Waals surface area contributed by atoms with Gasteiger partial charge in [-0.2, -0.15) is 0 Å². The number of pyridine rings is 1. The zero-order chi connectivity index (χ0) is 12.1. The lowest BCUT2D eigenvalue weighted by Gasteiger charge is -2.19. The zero-order valence-corrected chi connectivity index (χ0v) is 9.68. The highest BCUT2D eigenvalue weighted by Crippen LogP contribution is 2.28. The van der Waals surface area contributed by atoms with Gasteiger partial charge in [-0.25, -0.2) is 4.98 Å². The third-order valence-corrected chi connectivity index (χ3v) is 2.39. The fourth-order valence-corrected chi connectivity index (χ4v) is 1.53. The fourth-order valence-electron chi connectivity index (χ4n) is 1.36. The second-order valence-electron chi connectivity index (χ2n) is 3.34. The van der Waals surface area contributed by atoms with E-state index in [1.54, 1.807) is 0 Å². The van der Waals surface area contributed by atoms with Crippen molar-refractivity contribution < 1.29 is 14.9 Å². The van der Waals surface area contributed by atoms with Crippen molar-refractivity contribution in [2.75, 3.05) is 13.7 Å². The van der Waals surface area contributed by atoms with E-state index in [1.165, 1.54) is 19.4 Å². The summed E-state index contributed by atoms with van der Waals surface area (Å²) in [5.41, 5.74) is 5.66. The summed E-state index contributed by atoms with van der Waals surface area (Å²) in [5, 5.41) is 19.9. The molecule has 1 aromatic heterocycles. The first-order valence-electron chi connectivity index (χ1n) is 4.85. The summed E-state index contributed by atoms with van der Waals surface area (Å²) in [7, 11) is 1.43. The predicted octanol–water partition coefficient (Wildman–Crippen LogP) is 0.487. The Morgan fingerprint density at radius 3 is 2.81 bits per heavy atom. The van der Waals surface area contributed by atoms with Gasteiger partial charge in [0.25, 0.3) is 0 Å². The third kappa shape index (κ3) is 3.05. The minimum absolute atomic E-state index is 0.243. The highest BCUT2D eigenvalue weighted by atomic mass is 35.5. The number of nitrogens with zero attached hydrogens (tertiary/aromatic N) is 1. The fraction of sp³-hybridized carbons (Fsp3) is 0.500. The molecule has 0 aromatic carbocycles. The van der Waals surface area contributed by atoms with Crippen molar-refractivity contribution in [3.8, 4) is 5.88 Å². The number of ether oxygens (including phenoxy) is 1. The van der Waals surface area contributed by atoms with Gasteiger partial charge in [0.15, 0.2) is 0 Å². The van der Waals surface area contributed by atoms with Gasteiger partial charge >= 0.3 is 0 Å². The molecule has 0 fully saturated rings. The van der Waals surface area contributed by atoms with Crippen LogP contribution in [-0.2, 0) is 0 Å². The summed E-state index contributed by atoms with van der Waals surface area (Å²) in [6.45, 7) is 0.286. The number of methoxy groups -OCH3 is 1. The maximum Gasteiger partial charge on any atom is 0.219 e. The Morgan fingerprint density at radius 2 is 2.25 bits per heavy atom. The smallest absolute Gasteiger partial charge is 0.219 e. The van der Waals surface area contributed by atoms with Crippen LogP contribution in [0.4, 0.5) is 0 Å². The molecule has 0 amide bonds. The van der Waals surface area contributed by atoms with Crippen LogP contribution in [0.2, 0.25) is 5.02 Å². The third-order valence-electron chi connectivity index (χ3n) is 2.18. The Balaban J connectivity index is 2.96. The van der Waals surface area contributed by atoms with Crippen molar-refractivity contribution in [3.05, 3.63) is 22.8 Å². The molecule has 16 heavy (non-hydrogen) atoms. The van der Waals surface area contributed by atoms with E-state index in [9.17, 15) is 10.2 Å². The predicted molar refractivity (Wildman–Crippen MR) is 60.4 cm³/mol. The van der Waals surface area contributed by atoms with Gasteiger partial charge in [0, 0.05) is 11.8 Å².